The lowest BCUT2D eigenvalue weighted by Gasteiger charge is -2.18. The highest BCUT2D eigenvalue weighted by atomic mass is 19.4. The highest BCUT2D eigenvalue weighted by molar-refractivity contribution is 5.87. The van der Waals surface area contributed by atoms with Gasteiger partial charge in [-0.05, 0) is 68.4 Å². The largest absolute Gasteiger partial charge is 0.488 e. The second kappa shape index (κ2) is 10.6. The second-order valence-electron chi connectivity index (χ2n) is 8.12. The molecule has 4 rings (SSSR count). The van der Waals surface area contributed by atoms with Crippen LogP contribution in [-0.2, 0) is 17.5 Å². The van der Waals surface area contributed by atoms with Gasteiger partial charge in [0.05, 0.1) is 23.4 Å². The first kappa shape index (κ1) is 26.8. The monoisotopic (exact) mass is 534 g/mol. The van der Waals surface area contributed by atoms with Crippen molar-refractivity contribution in [3.63, 3.8) is 0 Å². The summed E-state index contributed by atoms with van der Waals surface area (Å²) < 4.78 is 94.8. The molecule has 0 aliphatic carbocycles. The van der Waals surface area contributed by atoms with Crippen LogP contribution in [0.3, 0.4) is 0 Å². The SMILES string of the molecule is CCOC(=O)c1cccc(-n2c(C)ccc2-c2cc(C(F)(F)F)ccc2OCc2c(F)ccc(F)c2F)n1. The lowest BCUT2D eigenvalue weighted by Crippen LogP contribution is -2.11. The summed E-state index contributed by atoms with van der Waals surface area (Å²) >= 11 is 0. The van der Waals surface area contributed by atoms with Crippen molar-refractivity contribution in [3.05, 3.63) is 101 Å². The molecule has 2 heterocycles. The Labute approximate surface area is 213 Å². The molecular weight excluding hydrogens is 514 g/mol. The molecule has 0 unspecified atom stereocenters. The third-order valence-electron chi connectivity index (χ3n) is 5.62. The Balaban J connectivity index is 1.83. The predicted octanol–water partition coefficient (Wildman–Crippen LogP) is 7.04. The molecule has 0 spiro atoms. The number of hydrogen-bond donors (Lipinski definition) is 0. The highest BCUT2D eigenvalue weighted by Crippen LogP contribution is 2.39. The lowest BCUT2D eigenvalue weighted by molar-refractivity contribution is -0.137. The smallest absolute Gasteiger partial charge is 0.416 e. The molecule has 0 fully saturated rings. The van der Waals surface area contributed by atoms with Crippen molar-refractivity contribution in [2.24, 2.45) is 0 Å². The van der Waals surface area contributed by atoms with Crippen molar-refractivity contribution >= 4 is 5.97 Å². The highest BCUT2D eigenvalue weighted by Gasteiger charge is 2.32. The summed E-state index contributed by atoms with van der Waals surface area (Å²) in [7, 11) is 0. The summed E-state index contributed by atoms with van der Waals surface area (Å²) in [6.45, 7) is 2.64. The maximum absolute atomic E-state index is 14.2. The van der Waals surface area contributed by atoms with Crippen LogP contribution in [0.4, 0.5) is 26.3 Å². The van der Waals surface area contributed by atoms with Gasteiger partial charge in [0.1, 0.15) is 24.0 Å². The maximum Gasteiger partial charge on any atom is 0.416 e. The van der Waals surface area contributed by atoms with E-state index in [4.69, 9.17) is 9.47 Å². The topological polar surface area (TPSA) is 53.4 Å². The van der Waals surface area contributed by atoms with E-state index in [0.717, 1.165) is 24.3 Å². The van der Waals surface area contributed by atoms with Gasteiger partial charge in [0.15, 0.2) is 17.3 Å². The third-order valence-corrected chi connectivity index (χ3v) is 5.62. The first-order valence-corrected chi connectivity index (χ1v) is 11.3. The Morgan fingerprint density at radius 2 is 1.71 bits per heavy atom. The molecule has 0 amide bonds. The summed E-state index contributed by atoms with van der Waals surface area (Å²) in [6, 6.07) is 11.6. The minimum Gasteiger partial charge on any atom is -0.488 e. The van der Waals surface area contributed by atoms with Crippen LogP contribution in [0.5, 0.6) is 5.75 Å². The van der Waals surface area contributed by atoms with E-state index in [1.807, 2.05) is 0 Å². The molecule has 2 aromatic carbocycles. The molecule has 0 aliphatic rings. The van der Waals surface area contributed by atoms with Gasteiger partial charge in [0, 0.05) is 11.3 Å². The number of pyridine rings is 1. The lowest BCUT2D eigenvalue weighted by atomic mass is 10.1. The van der Waals surface area contributed by atoms with Crippen LogP contribution in [0.15, 0.2) is 60.7 Å². The standard InChI is InChI=1S/C27H20F6N2O3/c1-3-37-26(36)21-5-4-6-24(34-21)35-15(2)7-11-22(35)17-13-16(27(31,32)33)8-12-23(17)38-14-18-19(28)9-10-20(29)25(18)30/h4-13H,3,14H2,1-2H3. The number of rotatable bonds is 7. The number of benzene rings is 2. The molecule has 198 valence electrons. The van der Waals surface area contributed by atoms with E-state index < -0.39 is 47.3 Å². The van der Waals surface area contributed by atoms with E-state index in [-0.39, 0.29) is 35.1 Å². The van der Waals surface area contributed by atoms with Crippen molar-refractivity contribution in [3.8, 4) is 22.8 Å². The zero-order valence-electron chi connectivity index (χ0n) is 20.1. The average molecular weight is 534 g/mol. The second-order valence-corrected chi connectivity index (χ2v) is 8.12. The fourth-order valence-corrected chi connectivity index (χ4v) is 3.80. The molecule has 4 aromatic rings. The van der Waals surface area contributed by atoms with Crippen LogP contribution in [0.1, 0.15) is 34.2 Å². The van der Waals surface area contributed by atoms with Crippen molar-refractivity contribution in [2.75, 3.05) is 6.61 Å². The molecular formula is C27H20F6N2O3. The number of ether oxygens (including phenoxy) is 2. The number of carbonyl (C=O) groups is 1. The van der Waals surface area contributed by atoms with E-state index in [1.165, 1.54) is 22.8 Å². The van der Waals surface area contributed by atoms with Crippen LogP contribution in [0, 0.1) is 24.4 Å². The van der Waals surface area contributed by atoms with Gasteiger partial charge in [-0.25, -0.2) is 22.9 Å². The molecule has 0 N–H and O–H groups in total. The van der Waals surface area contributed by atoms with E-state index in [2.05, 4.69) is 4.98 Å². The van der Waals surface area contributed by atoms with Crippen LogP contribution in [-0.4, -0.2) is 22.1 Å². The van der Waals surface area contributed by atoms with Gasteiger partial charge in [-0.2, -0.15) is 13.2 Å². The quantitative estimate of drug-likeness (QED) is 0.145. The summed E-state index contributed by atoms with van der Waals surface area (Å²) in [4.78, 5) is 16.5. The molecule has 38 heavy (non-hydrogen) atoms. The summed E-state index contributed by atoms with van der Waals surface area (Å²) in [5.74, 6) is -4.45. The fraction of sp³-hybridized carbons (Fsp3) is 0.185. The minimum atomic E-state index is -4.71. The predicted molar refractivity (Wildman–Crippen MR) is 125 cm³/mol. The minimum absolute atomic E-state index is 0.0130. The third kappa shape index (κ3) is 5.36. The van der Waals surface area contributed by atoms with Crippen molar-refractivity contribution < 1.29 is 40.6 Å². The first-order chi connectivity index (χ1) is 18.0. The Morgan fingerprint density at radius 1 is 0.974 bits per heavy atom. The summed E-state index contributed by atoms with van der Waals surface area (Å²) in [5.41, 5.74) is -1.06. The van der Waals surface area contributed by atoms with E-state index in [1.54, 1.807) is 26.0 Å². The van der Waals surface area contributed by atoms with Crippen molar-refractivity contribution in [1.29, 1.82) is 0 Å². The number of esters is 1. The number of aryl methyl sites for hydroxylation is 1. The van der Waals surface area contributed by atoms with Gasteiger partial charge in [0.25, 0.3) is 0 Å². The van der Waals surface area contributed by atoms with Crippen LogP contribution >= 0.6 is 0 Å². The summed E-state index contributed by atoms with van der Waals surface area (Å²) in [5, 5.41) is 0. The van der Waals surface area contributed by atoms with Gasteiger partial charge < -0.3 is 9.47 Å². The number of aromatic nitrogens is 2. The number of hydrogen-bond acceptors (Lipinski definition) is 4. The average Bonchev–Trinajstić information content (AvgIpc) is 3.27. The molecule has 0 aliphatic heterocycles. The van der Waals surface area contributed by atoms with Gasteiger partial charge in [-0.3, -0.25) is 4.57 Å². The van der Waals surface area contributed by atoms with Gasteiger partial charge in [-0.15, -0.1) is 0 Å². The molecule has 2 aromatic heterocycles. The molecule has 11 heteroatoms. The normalized spacial score (nSPS) is 11.5. The Bertz CT molecular complexity index is 1500. The number of nitrogens with zero attached hydrogens (tertiary/aromatic N) is 2. The molecule has 0 atom stereocenters. The van der Waals surface area contributed by atoms with Crippen molar-refractivity contribution in [1.82, 2.24) is 9.55 Å². The molecule has 5 nitrogen and oxygen atoms in total. The fourth-order valence-electron chi connectivity index (χ4n) is 3.80. The van der Waals surface area contributed by atoms with Crippen LogP contribution in [0.2, 0.25) is 0 Å². The molecule has 0 bridgehead atoms. The number of carbonyl (C=O) groups excluding carboxylic acids is 1. The van der Waals surface area contributed by atoms with E-state index in [9.17, 15) is 31.1 Å². The Morgan fingerprint density at radius 3 is 2.42 bits per heavy atom. The van der Waals surface area contributed by atoms with Crippen LogP contribution in [0.25, 0.3) is 17.1 Å². The number of halogens is 6. The van der Waals surface area contributed by atoms with Gasteiger partial charge in [0.2, 0.25) is 0 Å². The maximum atomic E-state index is 14.2. The molecule has 0 saturated carbocycles. The zero-order valence-corrected chi connectivity index (χ0v) is 20.1. The van der Waals surface area contributed by atoms with Gasteiger partial charge in [-0.1, -0.05) is 6.07 Å². The zero-order chi connectivity index (χ0) is 27.6. The van der Waals surface area contributed by atoms with Crippen LogP contribution < -0.4 is 4.74 Å². The van der Waals surface area contributed by atoms with Gasteiger partial charge >= 0.3 is 12.1 Å². The van der Waals surface area contributed by atoms with E-state index >= 15 is 0 Å². The first-order valence-electron chi connectivity index (χ1n) is 11.3. The van der Waals surface area contributed by atoms with Crippen molar-refractivity contribution in [2.45, 2.75) is 26.6 Å². The Hall–Kier alpha value is -4.28. The molecule has 0 saturated heterocycles. The summed E-state index contributed by atoms with van der Waals surface area (Å²) in [6.07, 6.45) is -4.71. The number of alkyl halides is 3. The Kier molecular flexibility index (Phi) is 7.47. The molecule has 0 radical (unpaired) electrons. The van der Waals surface area contributed by atoms with E-state index in [0.29, 0.717) is 11.8 Å².